The highest BCUT2D eigenvalue weighted by molar-refractivity contribution is 5.95. The van der Waals surface area contributed by atoms with E-state index in [0.717, 1.165) is 147 Å². The Kier molecular flexibility index (Phi) is 27.0. The van der Waals surface area contributed by atoms with Crippen LogP contribution in [-0.4, -0.2) is 27.2 Å². The molecule has 13 aromatic carbocycles. The normalized spacial score (nSPS) is 16.5. The van der Waals surface area contributed by atoms with Crippen LogP contribution in [0.2, 0.25) is 0 Å². The number of pyridine rings is 4. The third-order valence-electron chi connectivity index (χ3n) is 30.0. The van der Waals surface area contributed by atoms with Crippen molar-refractivity contribution < 1.29 is 28.1 Å². The summed E-state index contributed by atoms with van der Waals surface area (Å²) in [4.78, 5) is 4.68. The number of rotatable bonds is 15. The van der Waals surface area contributed by atoms with E-state index < -0.39 is 23.6 Å². The maximum absolute atomic E-state index is 13.7. The van der Waals surface area contributed by atoms with Gasteiger partial charge in [-0.2, -0.15) is 0 Å². The molecule has 686 valence electrons. The molecule has 4 aliphatic carbocycles. The first-order valence-corrected chi connectivity index (χ1v) is 50.5. The second kappa shape index (κ2) is 42.1. The van der Waals surface area contributed by atoms with Crippen LogP contribution >= 0.6 is 0 Å². The summed E-state index contributed by atoms with van der Waals surface area (Å²) in [5, 5.41) is 9.45. The lowest BCUT2D eigenvalue weighted by Crippen LogP contribution is -2.32. The van der Waals surface area contributed by atoms with Crippen molar-refractivity contribution in [1.29, 1.82) is 0 Å². The van der Waals surface area contributed by atoms with Crippen LogP contribution in [-0.2, 0) is 28.2 Å². The zero-order valence-corrected chi connectivity index (χ0v) is 81.8. The van der Waals surface area contributed by atoms with Gasteiger partial charge in [0.15, 0.2) is 24.8 Å². The summed E-state index contributed by atoms with van der Waals surface area (Å²) in [7, 11) is 12.7. The summed E-state index contributed by atoms with van der Waals surface area (Å²) in [6.07, 6.45) is 34.2. The number of aromatic nitrogens is 4. The van der Waals surface area contributed by atoms with Crippen molar-refractivity contribution in [3.05, 3.63) is 372 Å². The van der Waals surface area contributed by atoms with E-state index in [1.165, 1.54) is 219 Å². The molecule has 5 fully saturated rings. The van der Waals surface area contributed by atoms with Crippen LogP contribution in [0.3, 0.4) is 0 Å². The lowest BCUT2D eigenvalue weighted by molar-refractivity contribution is -0.660. The van der Waals surface area contributed by atoms with Crippen molar-refractivity contribution in [2.75, 3.05) is 37.0 Å². The van der Waals surface area contributed by atoms with Crippen LogP contribution in [0.4, 0.5) is 15.8 Å². The third kappa shape index (κ3) is 20.6. The lowest BCUT2D eigenvalue weighted by atomic mass is 9.81. The van der Waals surface area contributed by atoms with Gasteiger partial charge in [0.2, 0.25) is 22.8 Å². The Morgan fingerprint density at radius 2 is 0.529 bits per heavy atom. The summed E-state index contributed by atoms with van der Waals surface area (Å²) in [6, 6.07) is 106. The van der Waals surface area contributed by atoms with E-state index in [2.05, 4.69) is 396 Å². The smallest absolute Gasteiger partial charge is 0.213 e. The molecule has 22 rings (SSSR count). The molecule has 0 spiro atoms. The molecule has 17 aromatic rings. The molecule has 5 heterocycles. The number of nitrogens with zero attached hydrogens (tertiary/aromatic N) is 6. The second-order valence-electron chi connectivity index (χ2n) is 39.6. The summed E-state index contributed by atoms with van der Waals surface area (Å²) in [5.74, 6) is -2.39. The highest BCUT2D eigenvalue weighted by atomic mass is 19.1. The standard InChI is InChI=1S/C35H34N.C34H39N2.C31H35N2.C29H29FN/c1-25-11-9-10-16-32(25)35-23-33(34(24-36(35)2)27-14-7-4-8-15-27)31-20-19-29-21-28(17-18-30(29)22-31)26-12-5-3-6-13-26;1-25-11-7-8-14-31(25)34-23-32(33(24-35(34)2)26-12-5-3-6-13-26)29-16-15-28-22-30(18-17-27(28)21-29)36-19-9-4-10-20-36;1-22-10-8-9-13-28(22)31-20-29(30(21-33(31)4)23-11-6-5-7-12-23)26-15-14-25-19-27(32(2)3)17-16-24(25)18-26;1-20-8-6-7-11-26(20)29-18-27(28(19-31(29)2)21-9-4-3-5-10-21)24-13-12-23-17-25(30)15-14-22(23)16-24/h3,5-6,9-13,16-24,27H,4,7-8,14-15H2,1-2H3;7-8,11,14-18,21-24,26H,3-6,9-10,12-13,19-20H2,1-2H3;8-10,13-21,23H,5-7,11-12H2,1-4H3;6-8,11-19,21H,3-5,9-10H2,1-2H3/q4*+1/i27D;26D;23D;21D. The van der Waals surface area contributed by atoms with Crippen molar-refractivity contribution in [2.45, 2.75) is 199 Å². The molecule has 5 aliphatic rings. The van der Waals surface area contributed by atoms with Gasteiger partial charge in [0.25, 0.3) is 0 Å². The molecule has 136 heavy (non-hydrogen) atoms. The highest BCUT2D eigenvalue weighted by Gasteiger charge is 2.32. The molecule has 0 bridgehead atoms. The average molecular weight is 1790 g/mol. The molecule has 0 atom stereocenters. The summed E-state index contributed by atoms with van der Waals surface area (Å²) >= 11 is 0. The molecular formula is C129H137FN6+4. The zero-order chi connectivity index (χ0) is 97.0. The average Bonchev–Trinajstić information content (AvgIpc) is 0.763. The van der Waals surface area contributed by atoms with Gasteiger partial charge >= 0.3 is 0 Å². The zero-order valence-electron chi connectivity index (χ0n) is 85.8. The molecule has 1 aliphatic heterocycles. The van der Waals surface area contributed by atoms with Gasteiger partial charge in [-0.1, -0.05) is 259 Å². The Bertz CT molecular complexity index is 7410. The molecule has 7 heteroatoms. The van der Waals surface area contributed by atoms with E-state index in [9.17, 15) is 9.87 Å². The quantitative estimate of drug-likeness (QED) is 0.0955. The van der Waals surface area contributed by atoms with E-state index in [1.807, 2.05) is 12.1 Å². The minimum absolute atomic E-state index is 0.216. The van der Waals surface area contributed by atoms with Crippen LogP contribution < -0.4 is 28.1 Å². The second-order valence-corrected chi connectivity index (χ2v) is 39.6. The van der Waals surface area contributed by atoms with Gasteiger partial charge < -0.3 is 9.80 Å². The number of fused-ring (bicyclic) bond motifs is 4. The predicted octanol–water partition coefficient (Wildman–Crippen LogP) is 32.3. The summed E-state index contributed by atoms with van der Waals surface area (Å²) in [5.41, 5.74) is 33.8. The maximum atomic E-state index is 13.7. The molecular weight excluding hydrogens is 1650 g/mol. The number of benzene rings is 13. The molecule has 0 radical (unpaired) electrons. The minimum atomic E-state index is -0.576. The SMILES string of the molecule is [2H]C1(c2c[n+](C)c(-c3ccccc3C)cc2-c2ccc3cc(-c4ccccc4)ccc3c2)CCCCC1.[2H]C1(c2c[n+](C)c(-c3ccccc3C)cc2-c2ccc3cc(F)ccc3c2)CCCCC1.[2H]C1(c2c[n+](C)c(-c3ccccc3C)cc2-c2ccc3cc(N(C)C)ccc3c2)CCCCC1.[2H]C1(c2c[n+](C)c(-c3ccccc3C)cc2-c2ccc3cc(N4CCCCC4)ccc3c2)CCCCC1. The Balaban J connectivity index is 0.000000119. The van der Waals surface area contributed by atoms with Crippen LogP contribution in [0.15, 0.2) is 322 Å². The molecule has 6 nitrogen and oxygen atoms in total. The van der Waals surface area contributed by atoms with Crippen LogP contribution in [0, 0.1) is 33.5 Å². The largest absolute Gasteiger partial charge is 0.378 e. The lowest BCUT2D eigenvalue weighted by Gasteiger charge is -2.29. The topological polar surface area (TPSA) is 22.0 Å². The van der Waals surface area contributed by atoms with Gasteiger partial charge in [-0.15, -0.1) is 0 Å². The first-order chi connectivity index (χ1) is 67.8. The van der Waals surface area contributed by atoms with Gasteiger partial charge in [-0.05, 0) is 334 Å². The minimum Gasteiger partial charge on any atom is -0.378 e. The number of hydrogen-bond acceptors (Lipinski definition) is 2. The van der Waals surface area contributed by atoms with Crippen LogP contribution in [0.5, 0.6) is 0 Å². The van der Waals surface area contributed by atoms with E-state index in [4.69, 9.17) is 0 Å². The number of aryl methyl sites for hydroxylation is 8. The van der Waals surface area contributed by atoms with Gasteiger partial charge in [-0.25, -0.2) is 22.7 Å². The van der Waals surface area contributed by atoms with Gasteiger partial charge in [0, 0.05) is 113 Å². The van der Waals surface area contributed by atoms with Crippen molar-refractivity contribution in [1.82, 2.24) is 0 Å². The predicted molar refractivity (Wildman–Crippen MR) is 572 cm³/mol. The van der Waals surface area contributed by atoms with Gasteiger partial charge in [0.1, 0.15) is 34.0 Å². The van der Waals surface area contributed by atoms with E-state index in [0.29, 0.717) is 0 Å². The first-order valence-electron chi connectivity index (χ1n) is 52.5. The van der Waals surface area contributed by atoms with Crippen molar-refractivity contribution in [3.63, 3.8) is 0 Å². The monoisotopic (exact) mass is 1790 g/mol. The van der Waals surface area contributed by atoms with E-state index in [1.54, 1.807) is 6.07 Å². The number of anilines is 2. The molecule has 0 amide bonds. The molecule has 1 saturated heterocycles. The first kappa shape index (κ1) is 87.1. The molecule has 4 aromatic heterocycles. The van der Waals surface area contributed by atoms with Gasteiger partial charge in [-0.3, -0.25) is 0 Å². The Morgan fingerprint density at radius 1 is 0.257 bits per heavy atom. The van der Waals surface area contributed by atoms with E-state index in [-0.39, 0.29) is 5.82 Å². The number of hydrogen-bond donors (Lipinski definition) is 0. The molecule has 0 unspecified atom stereocenters. The highest BCUT2D eigenvalue weighted by Crippen LogP contribution is 2.47. The molecule has 4 saturated carbocycles. The van der Waals surface area contributed by atoms with Gasteiger partial charge in [0.05, 0.1) is 0 Å². The molecule has 0 N–H and O–H groups in total. The van der Waals surface area contributed by atoms with Crippen LogP contribution in [0.25, 0.3) is 144 Å². The Hall–Kier alpha value is -13.0. The fourth-order valence-electron chi connectivity index (χ4n) is 22.2. The summed E-state index contributed by atoms with van der Waals surface area (Å²) in [6.45, 7) is 11.0. The summed E-state index contributed by atoms with van der Waals surface area (Å²) < 4.78 is 60.6. The van der Waals surface area contributed by atoms with Crippen molar-refractivity contribution in [3.8, 4) is 101 Å². The third-order valence-corrected chi connectivity index (χ3v) is 30.0. The Labute approximate surface area is 814 Å². The fraction of sp³-hybridized carbons (Fsp3) is 0.302. The number of piperidine rings is 1. The number of halogens is 1. The van der Waals surface area contributed by atoms with E-state index >= 15 is 0 Å². The van der Waals surface area contributed by atoms with Crippen molar-refractivity contribution >= 4 is 54.5 Å². The maximum Gasteiger partial charge on any atom is 0.213 e. The Morgan fingerprint density at radius 3 is 0.868 bits per heavy atom. The fourth-order valence-corrected chi connectivity index (χ4v) is 22.2. The van der Waals surface area contributed by atoms with Crippen molar-refractivity contribution in [2.24, 2.45) is 28.2 Å². The van der Waals surface area contributed by atoms with Crippen LogP contribution in [0.1, 0.15) is 221 Å².